The zero-order valence-corrected chi connectivity index (χ0v) is 9.84. The maximum absolute atomic E-state index is 9.89. The van der Waals surface area contributed by atoms with Gasteiger partial charge in [-0.1, -0.05) is 22.0 Å². The molecule has 2 rings (SSSR count). The Labute approximate surface area is 92.0 Å². The van der Waals surface area contributed by atoms with E-state index < -0.39 is 6.10 Å². The predicted octanol–water partition coefficient (Wildman–Crippen LogP) is 3.04. The maximum Gasteiger partial charge on any atom is 0.127 e. The lowest BCUT2D eigenvalue weighted by atomic mass is 9.92. The van der Waals surface area contributed by atoms with Crippen LogP contribution in [0.1, 0.15) is 31.9 Å². The maximum atomic E-state index is 9.89. The van der Waals surface area contributed by atoms with Gasteiger partial charge in [0.1, 0.15) is 11.4 Å². The molecular weight excluding hydrogens is 244 g/mol. The van der Waals surface area contributed by atoms with Crippen molar-refractivity contribution in [3.05, 3.63) is 28.2 Å². The minimum absolute atomic E-state index is 0.285. The highest BCUT2D eigenvalue weighted by molar-refractivity contribution is 9.10. The van der Waals surface area contributed by atoms with Crippen LogP contribution < -0.4 is 4.74 Å². The highest BCUT2D eigenvalue weighted by Crippen LogP contribution is 2.40. The van der Waals surface area contributed by atoms with Crippen molar-refractivity contribution in [3.8, 4) is 5.75 Å². The smallest absolute Gasteiger partial charge is 0.127 e. The van der Waals surface area contributed by atoms with Gasteiger partial charge in [0.15, 0.2) is 0 Å². The van der Waals surface area contributed by atoms with Crippen LogP contribution in [0.25, 0.3) is 0 Å². The lowest BCUT2D eigenvalue weighted by Gasteiger charge is -2.35. The van der Waals surface area contributed by atoms with Gasteiger partial charge in [-0.3, -0.25) is 0 Å². The van der Waals surface area contributed by atoms with Crippen LogP contribution in [0.5, 0.6) is 5.75 Å². The number of hydrogen-bond acceptors (Lipinski definition) is 2. The molecule has 0 spiro atoms. The van der Waals surface area contributed by atoms with Crippen LogP contribution >= 0.6 is 15.9 Å². The Hall–Kier alpha value is -0.540. The fourth-order valence-corrected chi connectivity index (χ4v) is 2.13. The number of aliphatic hydroxyl groups excluding tert-OH is 1. The van der Waals surface area contributed by atoms with Crippen molar-refractivity contribution in [2.24, 2.45) is 0 Å². The molecule has 2 nitrogen and oxygen atoms in total. The third kappa shape index (κ3) is 1.79. The van der Waals surface area contributed by atoms with Gasteiger partial charge in [-0.2, -0.15) is 0 Å². The molecule has 0 bridgehead atoms. The molecule has 0 aliphatic carbocycles. The van der Waals surface area contributed by atoms with Crippen LogP contribution in [0.15, 0.2) is 22.7 Å². The molecule has 1 unspecified atom stereocenters. The van der Waals surface area contributed by atoms with E-state index in [1.54, 1.807) is 0 Å². The molecule has 0 amide bonds. The van der Waals surface area contributed by atoms with Gasteiger partial charge in [0.2, 0.25) is 0 Å². The highest BCUT2D eigenvalue weighted by atomic mass is 79.9. The van der Waals surface area contributed by atoms with Crippen molar-refractivity contribution in [3.63, 3.8) is 0 Å². The topological polar surface area (TPSA) is 29.5 Å². The lowest BCUT2D eigenvalue weighted by molar-refractivity contribution is 0.0115. The van der Waals surface area contributed by atoms with Crippen molar-refractivity contribution < 1.29 is 9.84 Å². The minimum Gasteiger partial charge on any atom is -0.487 e. The Balaban J connectivity index is 2.46. The van der Waals surface area contributed by atoms with E-state index in [1.807, 2.05) is 32.0 Å². The highest BCUT2D eigenvalue weighted by Gasteiger charge is 2.32. The van der Waals surface area contributed by atoms with E-state index in [4.69, 9.17) is 4.74 Å². The quantitative estimate of drug-likeness (QED) is 0.774. The van der Waals surface area contributed by atoms with E-state index in [2.05, 4.69) is 15.9 Å². The number of aliphatic hydroxyl groups is 1. The van der Waals surface area contributed by atoms with Crippen molar-refractivity contribution in [1.29, 1.82) is 0 Å². The summed E-state index contributed by atoms with van der Waals surface area (Å²) in [6.07, 6.45) is 0.226. The summed E-state index contributed by atoms with van der Waals surface area (Å²) in [7, 11) is 0. The Morgan fingerprint density at radius 3 is 2.93 bits per heavy atom. The van der Waals surface area contributed by atoms with E-state index in [-0.39, 0.29) is 5.60 Å². The van der Waals surface area contributed by atoms with E-state index >= 15 is 0 Å². The second kappa shape index (κ2) is 3.24. The standard InChI is InChI=1S/C11H13BrO2/c1-11(2)6-9(13)8-4-3-7(12)5-10(8)14-11/h3-5,9,13H,6H2,1-2H3. The van der Waals surface area contributed by atoms with Gasteiger partial charge in [-0.25, -0.2) is 0 Å². The van der Waals surface area contributed by atoms with E-state index in [9.17, 15) is 5.11 Å². The fourth-order valence-electron chi connectivity index (χ4n) is 1.79. The molecule has 1 heterocycles. The molecule has 0 saturated heterocycles. The van der Waals surface area contributed by atoms with Crippen molar-refractivity contribution in [2.75, 3.05) is 0 Å². The van der Waals surface area contributed by atoms with Gasteiger partial charge < -0.3 is 9.84 Å². The van der Waals surface area contributed by atoms with Gasteiger partial charge in [0.25, 0.3) is 0 Å². The molecule has 3 heteroatoms. The Morgan fingerprint density at radius 1 is 1.50 bits per heavy atom. The molecular formula is C11H13BrO2. The van der Waals surface area contributed by atoms with Crippen LogP contribution in [-0.4, -0.2) is 10.7 Å². The first-order chi connectivity index (χ1) is 6.48. The normalized spacial score (nSPS) is 23.9. The molecule has 0 fully saturated rings. The molecule has 1 N–H and O–H groups in total. The molecule has 14 heavy (non-hydrogen) atoms. The minimum atomic E-state index is -0.415. The molecule has 0 radical (unpaired) electrons. The number of hydrogen-bond donors (Lipinski definition) is 1. The summed E-state index contributed by atoms with van der Waals surface area (Å²) in [5.74, 6) is 0.781. The van der Waals surface area contributed by atoms with Crippen molar-refractivity contribution in [2.45, 2.75) is 32.0 Å². The lowest BCUT2D eigenvalue weighted by Crippen LogP contribution is -2.34. The molecule has 1 aromatic carbocycles. The number of halogens is 1. The summed E-state index contributed by atoms with van der Waals surface area (Å²) in [5, 5.41) is 9.89. The number of rotatable bonds is 0. The average molecular weight is 257 g/mol. The number of ether oxygens (including phenoxy) is 1. The van der Waals surface area contributed by atoms with Gasteiger partial charge >= 0.3 is 0 Å². The summed E-state index contributed by atoms with van der Waals surface area (Å²) >= 11 is 3.39. The molecule has 1 aliphatic heterocycles. The first-order valence-electron chi connectivity index (χ1n) is 4.64. The molecule has 1 aliphatic rings. The van der Waals surface area contributed by atoms with Crippen LogP contribution in [0, 0.1) is 0 Å². The van der Waals surface area contributed by atoms with Crippen LogP contribution in [0.2, 0.25) is 0 Å². The summed E-state index contributed by atoms with van der Waals surface area (Å²) < 4.78 is 6.75. The summed E-state index contributed by atoms with van der Waals surface area (Å²) in [5.41, 5.74) is 0.597. The van der Waals surface area contributed by atoms with Gasteiger partial charge in [-0.15, -0.1) is 0 Å². The largest absolute Gasteiger partial charge is 0.487 e. The predicted molar refractivity (Wildman–Crippen MR) is 58.4 cm³/mol. The van der Waals surface area contributed by atoms with Crippen LogP contribution in [-0.2, 0) is 0 Å². The molecule has 1 aromatic rings. The average Bonchev–Trinajstić information content (AvgIpc) is 2.00. The van der Waals surface area contributed by atoms with Gasteiger partial charge in [0, 0.05) is 16.5 Å². The zero-order valence-electron chi connectivity index (χ0n) is 8.25. The monoisotopic (exact) mass is 256 g/mol. The van der Waals surface area contributed by atoms with Gasteiger partial charge in [0.05, 0.1) is 6.10 Å². The first-order valence-corrected chi connectivity index (χ1v) is 5.44. The Bertz CT molecular complexity index is 360. The van der Waals surface area contributed by atoms with E-state index in [1.165, 1.54) is 0 Å². The SMILES string of the molecule is CC1(C)CC(O)c2ccc(Br)cc2O1. The summed E-state index contributed by atoms with van der Waals surface area (Å²) in [6, 6.07) is 5.72. The molecule has 76 valence electrons. The van der Waals surface area contributed by atoms with E-state index in [0.29, 0.717) is 6.42 Å². The summed E-state index contributed by atoms with van der Waals surface area (Å²) in [4.78, 5) is 0. The third-order valence-corrected chi connectivity index (χ3v) is 2.90. The Kier molecular flexibility index (Phi) is 2.32. The first kappa shape index (κ1) is 9.99. The van der Waals surface area contributed by atoms with Crippen LogP contribution in [0.4, 0.5) is 0 Å². The molecule has 1 atom stereocenters. The van der Waals surface area contributed by atoms with Crippen LogP contribution in [0.3, 0.4) is 0 Å². The second-order valence-electron chi connectivity index (χ2n) is 4.26. The second-order valence-corrected chi connectivity index (χ2v) is 5.18. The fraction of sp³-hybridized carbons (Fsp3) is 0.455. The number of benzene rings is 1. The molecule has 0 saturated carbocycles. The number of fused-ring (bicyclic) bond motifs is 1. The van der Waals surface area contributed by atoms with Gasteiger partial charge in [-0.05, 0) is 26.0 Å². The molecule has 0 aromatic heterocycles. The Morgan fingerprint density at radius 2 is 2.21 bits per heavy atom. The third-order valence-electron chi connectivity index (χ3n) is 2.41. The van der Waals surface area contributed by atoms with E-state index in [0.717, 1.165) is 15.8 Å². The van der Waals surface area contributed by atoms with Crippen molar-refractivity contribution >= 4 is 15.9 Å². The van der Waals surface area contributed by atoms with Crippen molar-refractivity contribution in [1.82, 2.24) is 0 Å². The summed E-state index contributed by atoms with van der Waals surface area (Å²) in [6.45, 7) is 3.97. The zero-order chi connectivity index (χ0) is 10.3.